The van der Waals surface area contributed by atoms with Gasteiger partial charge < -0.3 is 14.9 Å². The summed E-state index contributed by atoms with van der Waals surface area (Å²) in [6.07, 6.45) is 1.24. The van der Waals surface area contributed by atoms with E-state index in [0.29, 0.717) is 11.4 Å². The largest absolute Gasteiger partial charge is 0.485 e. The maximum atomic E-state index is 9.72. The van der Waals surface area contributed by atoms with Crippen LogP contribution in [0.5, 0.6) is 5.75 Å². The van der Waals surface area contributed by atoms with Gasteiger partial charge in [0.25, 0.3) is 0 Å². The zero-order valence-electron chi connectivity index (χ0n) is 15.8. The zero-order valence-corrected chi connectivity index (χ0v) is 17.4. The van der Waals surface area contributed by atoms with Gasteiger partial charge in [-0.1, -0.05) is 35.9 Å². The predicted molar refractivity (Wildman–Crippen MR) is 116 cm³/mol. The molecule has 0 bridgehead atoms. The van der Waals surface area contributed by atoms with Gasteiger partial charge in [-0.3, -0.25) is 4.57 Å². The van der Waals surface area contributed by atoms with Crippen LogP contribution in [0.4, 0.5) is 0 Å². The van der Waals surface area contributed by atoms with Crippen LogP contribution in [0.15, 0.2) is 60.2 Å². The number of aliphatic hydroxyl groups is 2. The van der Waals surface area contributed by atoms with Gasteiger partial charge in [0.2, 0.25) is 0 Å². The van der Waals surface area contributed by atoms with Crippen LogP contribution in [0.1, 0.15) is 24.2 Å². The number of fused-ring (bicyclic) bond motifs is 1. The van der Waals surface area contributed by atoms with Crippen LogP contribution in [0, 0.1) is 0 Å². The molecule has 5 nitrogen and oxygen atoms in total. The number of aliphatic hydroxyl groups excluding tert-OH is 2. The highest BCUT2D eigenvalue weighted by Gasteiger charge is 2.14. The highest BCUT2D eigenvalue weighted by Crippen LogP contribution is 2.32. The number of ether oxygens (including phenoxy) is 1. The van der Waals surface area contributed by atoms with Crippen LogP contribution < -0.4 is 4.74 Å². The minimum Gasteiger partial charge on any atom is -0.485 e. The number of halogens is 1. The first-order valence-corrected chi connectivity index (χ1v) is 10.6. The molecule has 0 saturated heterocycles. The normalized spacial score (nSPS) is 13.5. The van der Waals surface area contributed by atoms with E-state index in [9.17, 15) is 5.11 Å². The molecule has 1 unspecified atom stereocenters. The molecule has 150 valence electrons. The molecule has 2 N–H and O–H groups in total. The van der Waals surface area contributed by atoms with Crippen molar-refractivity contribution in [1.82, 2.24) is 9.55 Å². The van der Waals surface area contributed by atoms with Crippen LogP contribution in [-0.2, 0) is 6.42 Å². The first-order chi connectivity index (χ1) is 14.0. The van der Waals surface area contributed by atoms with Crippen LogP contribution in [0.3, 0.4) is 0 Å². The summed E-state index contributed by atoms with van der Waals surface area (Å²) in [5, 5.41) is 22.4. The fourth-order valence-electron chi connectivity index (χ4n) is 3.26. The Balaban J connectivity index is 1.58. The number of hydrogen-bond acceptors (Lipinski definition) is 5. The Morgan fingerprint density at radius 1 is 1.21 bits per heavy atom. The van der Waals surface area contributed by atoms with Gasteiger partial charge in [-0.05, 0) is 30.7 Å². The van der Waals surface area contributed by atoms with E-state index in [1.165, 1.54) is 0 Å². The SMILES string of the molecule is C[C@@H](Oc1csc(-n2cnc3ccc(CC(O)CO)cc32)c1)c1ccccc1Cl. The fourth-order valence-corrected chi connectivity index (χ4v) is 4.35. The summed E-state index contributed by atoms with van der Waals surface area (Å²) >= 11 is 7.84. The number of benzene rings is 2. The lowest BCUT2D eigenvalue weighted by molar-refractivity contribution is 0.0955. The second-order valence-electron chi connectivity index (χ2n) is 6.88. The van der Waals surface area contributed by atoms with Gasteiger partial charge in [0.15, 0.2) is 0 Å². The first-order valence-electron chi connectivity index (χ1n) is 9.30. The monoisotopic (exact) mass is 428 g/mol. The molecule has 7 heteroatoms. The molecular formula is C22H21ClN2O3S. The van der Waals surface area contributed by atoms with E-state index >= 15 is 0 Å². The van der Waals surface area contributed by atoms with E-state index in [2.05, 4.69) is 4.98 Å². The molecule has 2 atom stereocenters. The second-order valence-corrected chi connectivity index (χ2v) is 8.18. The van der Waals surface area contributed by atoms with Crippen molar-refractivity contribution < 1.29 is 14.9 Å². The number of aromatic nitrogens is 2. The summed E-state index contributed by atoms with van der Waals surface area (Å²) in [5.74, 6) is 0.770. The molecule has 0 spiro atoms. The van der Waals surface area contributed by atoms with Crippen molar-refractivity contribution in [2.75, 3.05) is 6.61 Å². The average molecular weight is 429 g/mol. The van der Waals surface area contributed by atoms with Crippen molar-refractivity contribution in [3.63, 3.8) is 0 Å². The number of nitrogens with zero attached hydrogens (tertiary/aromatic N) is 2. The minimum atomic E-state index is -0.767. The quantitative estimate of drug-likeness (QED) is 0.444. The molecular weight excluding hydrogens is 408 g/mol. The number of imidazole rings is 1. The molecule has 29 heavy (non-hydrogen) atoms. The van der Waals surface area contributed by atoms with E-state index in [1.807, 2.05) is 65.4 Å². The Bertz CT molecular complexity index is 1120. The van der Waals surface area contributed by atoms with E-state index < -0.39 is 6.10 Å². The fraction of sp³-hybridized carbons (Fsp3) is 0.227. The lowest BCUT2D eigenvalue weighted by atomic mass is 10.1. The van der Waals surface area contributed by atoms with Crippen molar-refractivity contribution >= 4 is 34.0 Å². The molecule has 0 saturated carbocycles. The van der Waals surface area contributed by atoms with Crippen molar-refractivity contribution in [3.05, 3.63) is 76.4 Å². The summed E-state index contributed by atoms with van der Waals surface area (Å²) in [7, 11) is 0. The highest BCUT2D eigenvalue weighted by molar-refractivity contribution is 7.12. The van der Waals surface area contributed by atoms with Crippen LogP contribution >= 0.6 is 22.9 Å². The molecule has 0 aliphatic rings. The topological polar surface area (TPSA) is 67.5 Å². The van der Waals surface area contributed by atoms with Crippen LogP contribution in [0.25, 0.3) is 16.0 Å². The zero-order chi connectivity index (χ0) is 20.4. The molecule has 2 aromatic heterocycles. The van der Waals surface area contributed by atoms with Crippen molar-refractivity contribution in [3.8, 4) is 10.8 Å². The molecule has 0 radical (unpaired) electrons. The van der Waals surface area contributed by atoms with Gasteiger partial charge in [0, 0.05) is 28.5 Å². The first kappa shape index (κ1) is 19.9. The lowest BCUT2D eigenvalue weighted by Crippen LogP contribution is -2.14. The van der Waals surface area contributed by atoms with Gasteiger partial charge in [0.05, 0.1) is 23.7 Å². The third-order valence-corrected chi connectivity index (χ3v) is 6.00. The van der Waals surface area contributed by atoms with Crippen molar-refractivity contribution in [1.29, 1.82) is 0 Å². The molecule has 2 aromatic carbocycles. The van der Waals surface area contributed by atoms with Gasteiger partial charge in [-0.25, -0.2) is 4.98 Å². The third-order valence-electron chi connectivity index (χ3n) is 4.75. The highest BCUT2D eigenvalue weighted by atomic mass is 35.5. The van der Waals surface area contributed by atoms with Crippen molar-refractivity contribution in [2.24, 2.45) is 0 Å². The second kappa shape index (κ2) is 8.55. The van der Waals surface area contributed by atoms with E-state index in [4.69, 9.17) is 21.4 Å². The van der Waals surface area contributed by atoms with Crippen LogP contribution in [-0.4, -0.2) is 32.5 Å². The molecule has 0 fully saturated rings. The molecule has 2 heterocycles. The Hall–Kier alpha value is -2.38. The number of hydrogen-bond donors (Lipinski definition) is 2. The van der Waals surface area contributed by atoms with Gasteiger partial charge in [-0.15, -0.1) is 11.3 Å². The Labute approximate surface area is 177 Å². The summed E-state index contributed by atoms with van der Waals surface area (Å²) in [6.45, 7) is 1.72. The number of thiophene rings is 1. The predicted octanol–water partition coefficient (Wildman–Crippen LogP) is 4.78. The molecule has 0 amide bonds. The smallest absolute Gasteiger partial charge is 0.133 e. The van der Waals surface area contributed by atoms with E-state index in [1.54, 1.807) is 17.7 Å². The van der Waals surface area contributed by atoms with E-state index in [-0.39, 0.29) is 12.7 Å². The average Bonchev–Trinajstić information content (AvgIpc) is 3.34. The van der Waals surface area contributed by atoms with Crippen molar-refractivity contribution in [2.45, 2.75) is 25.6 Å². The Morgan fingerprint density at radius 2 is 2.03 bits per heavy atom. The number of rotatable bonds is 7. The summed E-state index contributed by atoms with van der Waals surface area (Å²) in [6, 6.07) is 15.5. The van der Waals surface area contributed by atoms with Gasteiger partial charge in [0.1, 0.15) is 23.2 Å². The molecule has 0 aliphatic heterocycles. The third kappa shape index (κ3) is 4.31. The minimum absolute atomic E-state index is 0.169. The maximum absolute atomic E-state index is 9.72. The lowest BCUT2D eigenvalue weighted by Gasteiger charge is -2.15. The van der Waals surface area contributed by atoms with Gasteiger partial charge >= 0.3 is 0 Å². The summed E-state index contributed by atoms with van der Waals surface area (Å²) in [4.78, 5) is 4.46. The van der Waals surface area contributed by atoms with E-state index in [0.717, 1.165) is 32.9 Å². The molecule has 0 aliphatic carbocycles. The maximum Gasteiger partial charge on any atom is 0.133 e. The molecule has 4 rings (SSSR count). The van der Waals surface area contributed by atoms with Gasteiger partial charge in [-0.2, -0.15) is 0 Å². The summed E-state index contributed by atoms with van der Waals surface area (Å²) in [5.41, 5.74) is 3.70. The molecule has 4 aromatic rings. The standard InChI is InChI=1S/C22H21ClN2O3S/c1-14(18-4-2-3-5-19(18)23)28-17-10-22(29-12-17)25-13-24-20-7-6-15(9-21(20)25)8-16(27)11-26/h2-7,9-10,12-14,16,26-27H,8,11H2,1H3/t14-,16?/m1/s1. The van der Waals surface area contributed by atoms with Crippen LogP contribution in [0.2, 0.25) is 5.02 Å². The summed E-state index contributed by atoms with van der Waals surface area (Å²) < 4.78 is 8.10. The Kier molecular flexibility index (Phi) is 5.87. The Morgan fingerprint density at radius 3 is 2.83 bits per heavy atom.